The lowest BCUT2D eigenvalue weighted by Crippen LogP contribution is -2.43. The molecule has 0 spiro atoms. The number of anilines is 1. The van der Waals surface area contributed by atoms with Crippen molar-refractivity contribution in [3.63, 3.8) is 0 Å². The van der Waals surface area contributed by atoms with E-state index in [0.717, 1.165) is 13.1 Å². The van der Waals surface area contributed by atoms with Crippen molar-refractivity contribution in [1.82, 2.24) is 5.32 Å². The van der Waals surface area contributed by atoms with Gasteiger partial charge in [0, 0.05) is 24.2 Å². The summed E-state index contributed by atoms with van der Waals surface area (Å²) in [5.41, 5.74) is 0.610. The monoisotopic (exact) mass is 235 g/mol. The first-order chi connectivity index (χ1) is 8.15. The Balaban J connectivity index is 1.89. The van der Waals surface area contributed by atoms with Gasteiger partial charge in [-0.2, -0.15) is 0 Å². The molecule has 0 atom stereocenters. The Hall–Kier alpha value is -1.95. The van der Waals surface area contributed by atoms with Gasteiger partial charge in [0.1, 0.15) is 0 Å². The molecule has 0 aromatic heterocycles. The molecule has 0 saturated carbocycles. The summed E-state index contributed by atoms with van der Waals surface area (Å²) in [7, 11) is 0. The number of benzene rings is 1. The molecule has 0 unspecified atom stereocenters. The van der Waals surface area contributed by atoms with E-state index in [1.165, 1.54) is 24.3 Å². The first-order valence-corrected chi connectivity index (χ1v) is 5.40. The van der Waals surface area contributed by atoms with Crippen LogP contribution in [0.25, 0.3) is 0 Å². The molecular formula is C11H13N3O3. The Bertz CT molecular complexity index is 426. The van der Waals surface area contributed by atoms with Gasteiger partial charge >= 0.3 is 0 Å². The van der Waals surface area contributed by atoms with Crippen LogP contribution in [0.1, 0.15) is 6.42 Å². The minimum absolute atomic E-state index is 0.0196. The van der Waals surface area contributed by atoms with E-state index in [1.54, 1.807) is 0 Å². The topological polar surface area (TPSA) is 84.3 Å². The second-order valence-corrected chi connectivity index (χ2v) is 4.08. The summed E-state index contributed by atoms with van der Waals surface area (Å²) in [5, 5.41) is 16.3. The van der Waals surface area contributed by atoms with Crippen molar-refractivity contribution in [2.45, 2.75) is 6.42 Å². The molecule has 0 bridgehead atoms. The third-order valence-corrected chi connectivity index (χ3v) is 2.70. The van der Waals surface area contributed by atoms with Crippen LogP contribution < -0.4 is 10.6 Å². The van der Waals surface area contributed by atoms with Crippen molar-refractivity contribution in [2.75, 3.05) is 18.4 Å². The van der Waals surface area contributed by atoms with Gasteiger partial charge in [0.05, 0.1) is 4.92 Å². The van der Waals surface area contributed by atoms with E-state index in [1.807, 2.05) is 0 Å². The van der Waals surface area contributed by atoms with Gasteiger partial charge in [0.25, 0.3) is 5.69 Å². The number of non-ortho nitro benzene ring substituents is 1. The van der Waals surface area contributed by atoms with Crippen LogP contribution in [0, 0.1) is 16.0 Å². The lowest BCUT2D eigenvalue weighted by molar-refractivity contribution is -0.384. The van der Waals surface area contributed by atoms with E-state index in [2.05, 4.69) is 10.6 Å². The summed E-state index contributed by atoms with van der Waals surface area (Å²) in [6, 6.07) is 5.82. The van der Waals surface area contributed by atoms with Gasteiger partial charge in [-0.25, -0.2) is 0 Å². The molecule has 0 aliphatic carbocycles. The zero-order valence-corrected chi connectivity index (χ0v) is 9.18. The summed E-state index contributed by atoms with van der Waals surface area (Å²) in [4.78, 5) is 21.5. The molecule has 1 aromatic carbocycles. The van der Waals surface area contributed by atoms with Gasteiger partial charge in [-0.1, -0.05) is 0 Å². The van der Waals surface area contributed by atoms with Crippen LogP contribution in [0.5, 0.6) is 0 Å². The molecule has 2 rings (SSSR count). The third kappa shape index (κ3) is 3.01. The predicted octanol–water partition coefficient (Wildman–Crippen LogP) is 1.14. The number of nitro groups is 1. The Morgan fingerprint density at radius 1 is 1.41 bits per heavy atom. The van der Waals surface area contributed by atoms with Crippen LogP contribution in [-0.2, 0) is 4.79 Å². The zero-order chi connectivity index (χ0) is 12.3. The van der Waals surface area contributed by atoms with Crippen LogP contribution in [-0.4, -0.2) is 23.9 Å². The molecule has 6 heteroatoms. The van der Waals surface area contributed by atoms with E-state index in [0.29, 0.717) is 18.0 Å². The lowest BCUT2D eigenvalue weighted by atomic mass is 9.99. The molecule has 6 nitrogen and oxygen atoms in total. The highest BCUT2D eigenvalue weighted by molar-refractivity contribution is 5.91. The minimum atomic E-state index is -0.467. The molecule has 1 heterocycles. The highest BCUT2D eigenvalue weighted by Gasteiger charge is 2.20. The van der Waals surface area contributed by atoms with Gasteiger partial charge in [0.15, 0.2) is 0 Å². The summed E-state index contributed by atoms with van der Waals surface area (Å²) in [5.74, 6) is 0.360. The summed E-state index contributed by atoms with van der Waals surface area (Å²) >= 11 is 0. The molecule has 1 fully saturated rings. The second kappa shape index (κ2) is 4.92. The zero-order valence-electron chi connectivity index (χ0n) is 9.18. The average molecular weight is 235 g/mol. The molecule has 1 amide bonds. The van der Waals surface area contributed by atoms with E-state index >= 15 is 0 Å². The van der Waals surface area contributed by atoms with E-state index in [9.17, 15) is 14.9 Å². The molecule has 1 saturated heterocycles. The molecule has 1 aliphatic rings. The quantitative estimate of drug-likeness (QED) is 0.605. The fourth-order valence-corrected chi connectivity index (χ4v) is 1.63. The van der Waals surface area contributed by atoms with Crippen LogP contribution >= 0.6 is 0 Å². The number of rotatable bonds is 4. The number of nitrogens with one attached hydrogen (secondary N) is 2. The Labute approximate surface area is 98.2 Å². The second-order valence-electron chi connectivity index (χ2n) is 4.08. The number of carbonyl (C=O) groups is 1. The number of hydrogen-bond acceptors (Lipinski definition) is 4. The first-order valence-electron chi connectivity index (χ1n) is 5.40. The average Bonchev–Trinajstić information content (AvgIpc) is 2.24. The molecule has 1 aromatic rings. The fraction of sp³-hybridized carbons (Fsp3) is 0.364. The van der Waals surface area contributed by atoms with Gasteiger partial charge in [-0.15, -0.1) is 0 Å². The standard InChI is InChI=1S/C11H13N3O3/c15-11(5-8-6-12-7-8)13-9-1-3-10(4-2-9)14(16)17/h1-4,8,12H,5-7H2,(H,13,15). The molecular weight excluding hydrogens is 222 g/mol. The highest BCUT2D eigenvalue weighted by atomic mass is 16.6. The molecule has 90 valence electrons. The smallest absolute Gasteiger partial charge is 0.269 e. The van der Waals surface area contributed by atoms with E-state index < -0.39 is 4.92 Å². The van der Waals surface area contributed by atoms with Gasteiger partial charge < -0.3 is 10.6 Å². The SMILES string of the molecule is O=C(CC1CNC1)Nc1ccc([N+](=O)[O-])cc1. The van der Waals surface area contributed by atoms with Crippen LogP contribution in [0.2, 0.25) is 0 Å². The van der Waals surface area contributed by atoms with Gasteiger partial charge in [-0.3, -0.25) is 14.9 Å². The highest BCUT2D eigenvalue weighted by Crippen LogP contribution is 2.16. The predicted molar refractivity (Wildman–Crippen MR) is 62.7 cm³/mol. The maximum absolute atomic E-state index is 11.6. The molecule has 0 radical (unpaired) electrons. The third-order valence-electron chi connectivity index (χ3n) is 2.70. The van der Waals surface area contributed by atoms with E-state index in [4.69, 9.17) is 0 Å². The fourth-order valence-electron chi connectivity index (χ4n) is 1.63. The number of nitro benzene ring substituents is 1. The maximum Gasteiger partial charge on any atom is 0.269 e. The Morgan fingerprint density at radius 2 is 2.06 bits per heavy atom. The molecule has 2 N–H and O–H groups in total. The van der Waals surface area contributed by atoms with Crippen LogP contribution in [0.4, 0.5) is 11.4 Å². The Kier molecular flexibility index (Phi) is 3.34. The largest absolute Gasteiger partial charge is 0.326 e. The Morgan fingerprint density at radius 3 is 2.53 bits per heavy atom. The summed E-state index contributed by atoms with van der Waals surface area (Å²) < 4.78 is 0. The van der Waals surface area contributed by atoms with Crippen LogP contribution in [0.15, 0.2) is 24.3 Å². The van der Waals surface area contributed by atoms with E-state index in [-0.39, 0.29) is 11.6 Å². The van der Waals surface area contributed by atoms with Crippen LogP contribution in [0.3, 0.4) is 0 Å². The maximum atomic E-state index is 11.6. The number of amides is 1. The van der Waals surface area contributed by atoms with Crippen molar-refractivity contribution >= 4 is 17.3 Å². The molecule has 1 aliphatic heterocycles. The molecule has 17 heavy (non-hydrogen) atoms. The summed E-state index contributed by atoms with van der Waals surface area (Å²) in [6.07, 6.45) is 0.490. The summed E-state index contributed by atoms with van der Waals surface area (Å²) in [6.45, 7) is 1.77. The van der Waals surface area contributed by atoms with Crippen molar-refractivity contribution < 1.29 is 9.72 Å². The van der Waals surface area contributed by atoms with Crippen molar-refractivity contribution in [3.05, 3.63) is 34.4 Å². The van der Waals surface area contributed by atoms with Crippen molar-refractivity contribution in [1.29, 1.82) is 0 Å². The first kappa shape index (κ1) is 11.5. The number of carbonyl (C=O) groups excluding carboxylic acids is 1. The number of nitrogens with zero attached hydrogens (tertiary/aromatic N) is 1. The van der Waals surface area contributed by atoms with Crippen molar-refractivity contribution in [2.24, 2.45) is 5.92 Å². The van der Waals surface area contributed by atoms with Gasteiger partial charge in [0.2, 0.25) is 5.91 Å². The normalized spacial score (nSPS) is 15.1. The lowest BCUT2D eigenvalue weighted by Gasteiger charge is -2.26. The minimum Gasteiger partial charge on any atom is -0.326 e. The number of hydrogen-bond donors (Lipinski definition) is 2. The van der Waals surface area contributed by atoms with Gasteiger partial charge in [-0.05, 0) is 31.1 Å². The van der Waals surface area contributed by atoms with Crippen molar-refractivity contribution in [3.8, 4) is 0 Å².